The summed E-state index contributed by atoms with van der Waals surface area (Å²) in [5.41, 5.74) is 0. The van der Waals surface area contributed by atoms with Crippen LogP contribution in [0.15, 0.2) is 0 Å². The van der Waals surface area contributed by atoms with Gasteiger partial charge in [-0.2, -0.15) is 0 Å². The Hall–Kier alpha value is -0.120. The molecule has 0 saturated heterocycles. The second-order valence-electron chi connectivity index (χ2n) is 4.17. The van der Waals surface area contributed by atoms with Gasteiger partial charge in [-0.25, -0.2) is 0 Å². The summed E-state index contributed by atoms with van der Waals surface area (Å²) in [6.07, 6.45) is 6.28. The van der Waals surface area contributed by atoms with Gasteiger partial charge in [-0.3, -0.25) is 0 Å². The first-order valence-corrected chi connectivity index (χ1v) is 5.61. The average Bonchev–Trinajstić information content (AvgIpc) is 2.09. The topological polar surface area (TPSA) is 60.7 Å². The molecule has 0 bridgehead atoms. The molecular formula is C11H24O3. The molecule has 0 heterocycles. The molecule has 0 aromatic heterocycles. The molecule has 86 valence electrons. The molecular weight excluding hydrogens is 180 g/mol. The van der Waals surface area contributed by atoms with Crippen molar-refractivity contribution in [3.05, 3.63) is 0 Å². The van der Waals surface area contributed by atoms with Crippen molar-refractivity contribution in [3.63, 3.8) is 0 Å². The van der Waals surface area contributed by atoms with Crippen LogP contribution in [0.2, 0.25) is 0 Å². The molecule has 0 saturated carbocycles. The van der Waals surface area contributed by atoms with Crippen LogP contribution in [0.4, 0.5) is 0 Å². The van der Waals surface area contributed by atoms with Crippen LogP contribution in [-0.2, 0) is 0 Å². The van der Waals surface area contributed by atoms with Gasteiger partial charge in [0.05, 0.1) is 0 Å². The largest absolute Gasteiger partial charge is 0.388 e. The molecule has 0 aliphatic heterocycles. The lowest BCUT2D eigenvalue weighted by Gasteiger charge is -2.22. The van der Waals surface area contributed by atoms with Crippen LogP contribution in [0.5, 0.6) is 0 Å². The molecule has 0 aliphatic carbocycles. The lowest BCUT2D eigenvalue weighted by Crippen LogP contribution is -2.38. The second kappa shape index (κ2) is 7.21. The van der Waals surface area contributed by atoms with Crippen LogP contribution in [0.1, 0.15) is 58.8 Å². The van der Waals surface area contributed by atoms with Crippen LogP contribution < -0.4 is 0 Å². The van der Waals surface area contributed by atoms with Crippen molar-refractivity contribution in [2.45, 2.75) is 70.7 Å². The second-order valence-corrected chi connectivity index (χ2v) is 4.17. The van der Waals surface area contributed by atoms with Crippen molar-refractivity contribution in [1.29, 1.82) is 0 Å². The minimum absolute atomic E-state index is 0.468. The molecule has 0 rings (SSSR count). The van der Waals surface area contributed by atoms with Gasteiger partial charge in [0.2, 0.25) is 0 Å². The zero-order valence-electron chi connectivity index (χ0n) is 9.37. The molecule has 3 N–H and O–H groups in total. The maximum absolute atomic E-state index is 9.29. The predicted molar refractivity (Wildman–Crippen MR) is 56.8 cm³/mol. The maximum atomic E-state index is 9.29. The van der Waals surface area contributed by atoms with Crippen molar-refractivity contribution in [3.8, 4) is 0 Å². The highest BCUT2D eigenvalue weighted by Gasteiger charge is 2.25. The van der Waals surface area contributed by atoms with Gasteiger partial charge in [-0.1, -0.05) is 45.4 Å². The summed E-state index contributed by atoms with van der Waals surface area (Å²) >= 11 is 0. The first-order chi connectivity index (χ1) is 6.48. The van der Waals surface area contributed by atoms with Crippen molar-refractivity contribution >= 4 is 0 Å². The standard InChI is InChI=1S/C11H24O3/c1-3-4-5-6-7-8-9-10(12)11(2,13)14/h10,12-14H,3-9H2,1-2H3. The number of unbranched alkanes of at least 4 members (excludes halogenated alkanes) is 5. The summed E-state index contributed by atoms with van der Waals surface area (Å²) in [6.45, 7) is 3.39. The molecule has 0 radical (unpaired) electrons. The number of aliphatic hydroxyl groups is 3. The van der Waals surface area contributed by atoms with E-state index < -0.39 is 11.9 Å². The minimum Gasteiger partial charge on any atom is -0.388 e. The van der Waals surface area contributed by atoms with Crippen LogP contribution in [0.3, 0.4) is 0 Å². The molecule has 1 unspecified atom stereocenters. The summed E-state index contributed by atoms with van der Waals surface area (Å²) in [7, 11) is 0. The van der Waals surface area contributed by atoms with E-state index in [9.17, 15) is 5.11 Å². The molecule has 0 aromatic carbocycles. The Labute approximate surface area is 86.8 Å². The molecule has 0 amide bonds. The van der Waals surface area contributed by atoms with Gasteiger partial charge >= 0.3 is 0 Å². The SMILES string of the molecule is CCCCCCCCC(O)C(C)(O)O. The molecule has 3 heteroatoms. The van der Waals surface area contributed by atoms with Crippen molar-refractivity contribution in [2.24, 2.45) is 0 Å². The molecule has 0 fully saturated rings. The summed E-state index contributed by atoms with van der Waals surface area (Å²) in [4.78, 5) is 0. The maximum Gasteiger partial charge on any atom is 0.186 e. The third kappa shape index (κ3) is 7.30. The molecule has 3 nitrogen and oxygen atoms in total. The van der Waals surface area contributed by atoms with Crippen LogP contribution in [-0.4, -0.2) is 27.2 Å². The van der Waals surface area contributed by atoms with E-state index in [1.807, 2.05) is 0 Å². The highest BCUT2D eigenvalue weighted by molar-refractivity contribution is 4.68. The number of hydrogen-bond donors (Lipinski definition) is 3. The van der Waals surface area contributed by atoms with E-state index in [0.717, 1.165) is 12.8 Å². The van der Waals surface area contributed by atoms with E-state index in [-0.39, 0.29) is 0 Å². The van der Waals surface area contributed by atoms with Crippen LogP contribution >= 0.6 is 0 Å². The zero-order chi connectivity index (χ0) is 11.0. The molecule has 1 atom stereocenters. The van der Waals surface area contributed by atoms with E-state index in [0.29, 0.717) is 6.42 Å². The Morgan fingerprint density at radius 2 is 1.50 bits per heavy atom. The Morgan fingerprint density at radius 1 is 1.00 bits per heavy atom. The van der Waals surface area contributed by atoms with Gasteiger partial charge in [0, 0.05) is 0 Å². The first kappa shape index (κ1) is 13.9. The first-order valence-electron chi connectivity index (χ1n) is 5.61. The van der Waals surface area contributed by atoms with E-state index in [1.165, 1.54) is 32.6 Å². The Morgan fingerprint density at radius 3 is 2.00 bits per heavy atom. The van der Waals surface area contributed by atoms with E-state index in [1.54, 1.807) is 0 Å². The lowest BCUT2D eigenvalue weighted by molar-refractivity contribution is -0.212. The average molecular weight is 204 g/mol. The van der Waals surface area contributed by atoms with Crippen LogP contribution in [0, 0.1) is 0 Å². The molecule has 0 aliphatic rings. The smallest absolute Gasteiger partial charge is 0.186 e. The third-order valence-corrected chi connectivity index (χ3v) is 2.46. The third-order valence-electron chi connectivity index (χ3n) is 2.46. The number of rotatable bonds is 8. The van der Waals surface area contributed by atoms with Gasteiger partial charge in [-0.15, -0.1) is 0 Å². The van der Waals surface area contributed by atoms with E-state index in [2.05, 4.69) is 6.92 Å². The molecule has 0 aromatic rings. The van der Waals surface area contributed by atoms with Crippen molar-refractivity contribution in [1.82, 2.24) is 0 Å². The predicted octanol–water partition coefficient (Wildman–Crippen LogP) is 1.80. The number of hydrogen-bond acceptors (Lipinski definition) is 3. The number of aliphatic hydroxyl groups excluding tert-OH is 1. The van der Waals surface area contributed by atoms with E-state index in [4.69, 9.17) is 10.2 Å². The summed E-state index contributed by atoms with van der Waals surface area (Å²) in [5.74, 6) is -1.94. The van der Waals surface area contributed by atoms with Gasteiger partial charge in [0.25, 0.3) is 0 Å². The quantitative estimate of drug-likeness (QED) is 0.417. The van der Waals surface area contributed by atoms with Crippen LogP contribution in [0.25, 0.3) is 0 Å². The summed E-state index contributed by atoms with van der Waals surface area (Å²) < 4.78 is 0. The monoisotopic (exact) mass is 204 g/mol. The van der Waals surface area contributed by atoms with Gasteiger partial charge in [-0.05, 0) is 13.3 Å². The fourth-order valence-corrected chi connectivity index (χ4v) is 1.39. The molecule has 0 spiro atoms. The fraction of sp³-hybridized carbons (Fsp3) is 1.00. The normalized spacial score (nSPS) is 14.4. The molecule has 14 heavy (non-hydrogen) atoms. The van der Waals surface area contributed by atoms with Gasteiger partial charge < -0.3 is 15.3 Å². The minimum atomic E-state index is -1.94. The van der Waals surface area contributed by atoms with Gasteiger partial charge in [0.15, 0.2) is 5.79 Å². The summed E-state index contributed by atoms with van der Waals surface area (Å²) in [6, 6.07) is 0. The lowest BCUT2D eigenvalue weighted by atomic mass is 10.0. The highest BCUT2D eigenvalue weighted by atomic mass is 16.5. The Balaban J connectivity index is 3.28. The highest BCUT2D eigenvalue weighted by Crippen LogP contribution is 2.14. The Kier molecular flexibility index (Phi) is 7.15. The summed E-state index contributed by atoms with van der Waals surface area (Å²) in [5, 5.41) is 27.4. The Bertz CT molecular complexity index is 129. The zero-order valence-corrected chi connectivity index (χ0v) is 9.37. The van der Waals surface area contributed by atoms with Crippen molar-refractivity contribution in [2.75, 3.05) is 0 Å². The fourth-order valence-electron chi connectivity index (χ4n) is 1.39. The van der Waals surface area contributed by atoms with Crippen molar-refractivity contribution < 1.29 is 15.3 Å². The van der Waals surface area contributed by atoms with Gasteiger partial charge in [0.1, 0.15) is 6.10 Å². The van der Waals surface area contributed by atoms with E-state index >= 15 is 0 Å².